The van der Waals surface area contributed by atoms with Crippen molar-refractivity contribution in [2.45, 2.75) is 93.4 Å². The number of fused-ring (bicyclic) bond motifs is 2. The van der Waals surface area contributed by atoms with Crippen molar-refractivity contribution in [3.63, 3.8) is 0 Å². The van der Waals surface area contributed by atoms with Crippen molar-refractivity contribution in [1.29, 1.82) is 0 Å². The third kappa shape index (κ3) is 9.01. The number of unbranched alkanes of at least 4 members (excludes halogenated alkanes) is 2. The van der Waals surface area contributed by atoms with E-state index in [1.54, 1.807) is 24.3 Å². The van der Waals surface area contributed by atoms with E-state index in [0.717, 1.165) is 22.7 Å². The van der Waals surface area contributed by atoms with Gasteiger partial charge in [-0.1, -0.05) is 38.5 Å². The van der Waals surface area contributed by atoms with Gasteiger partial charge in [0.1, 0.15) is 0 Å². The van der Waals surface area contributed by atoms with Crippen molar-refractivity contribution in [3.8, 4) is 0 Å². The highest BCUT2D eigenvalue weighted by Gasteiger charge is 2.45. The fourth-order valence-electron chi connectivity index (χ4n) is 7.83. The fourth-order valence-corrected chi connectivity index (χ4v) is 8.84. The largest absolute Gasteiger partial charge is 0.344 e. The summed E-state index contributed by atoms with van der Waals surface area (Å²) < 4.78 is 70.0. The summed E-state index contributed by atoms with van der Waals surface area (Å²) in [4.78, 5) is 53.3. The first-order chi connectivity index (χ1) is 28.1. The maximum absolute atomic E-state index is 12.3. The number of benzene rings is 3. The lowest BCUT2D eigenvalue weighted by Crippen LogP contribution is -2.32. The number of hydroxylamine groups is 2. The number of anilines is 1. The number of nitro benzene ring substituents is 1. The molecular weight excluding hydrogens is 817 g/mol. The molecular formula is C42H45N4O12S2+. The Labute approximate surface area is 347 Å². The van der Waals surface area contributed by atoms with E-state index < -0.39 is 53.8 Å². The Hall–Kier alpha value is -5.82. The van der Waals surface area contributed by atoms with Gasteiger partial charge in [0.05, 0.1) is 20.1 Å². The number of rotatable bonds is 15. The van der Waals surface area contributed by atoms with Crippen LogP contribution < -0.4 is 4.90 Å². The van der Waals surface area contributed by atoms with Gasteiger partial charge < -0.3 is 9.74 Å². The number of carbonyl (C=O) groups excluding carboxylic acids is 3. The van der Waals surface area contributed by atoms with E-state index in [9.17, 15) is 50.4 Å². The second kappa shape index (κ2) is 16.7. The molecule has 0 atom stereocenters. The number of allylic oxidation sites excluding steroid dienone is 6. The Morgan fingerprint density at radius 3 is 2.07 bits per heavy atom. The van der Waals surface area contributed by atoms with Crippen molar-refractivity contribution < 1.29 is 54.7 Å². The summed E-state index contributed by atoms with van der Waals surface area (Å²) in [5.74, 6) is -1.77. The van der Waals surface area contributed by atoms with Crippen LogP contribution in [0.15, 0.2) is 107 Å². The molecule has 2 amide bonds. The summed E-state index contributed by atoms with van der Waals surface area (Å²) in [7, 11) is -8.98. The Morgan fingerprint density at radius 1 is 0.833 bits per heavy atom. The molecule has 0 unspecified atom stereocenters. The third-order valence-corrected chi connectivity index (χ3v) is 12.7. The van der Waals surface area contributed by atoms with Crippen molar-refractivity contribution in [1.82, 2.24) is 5.06 Å². The molecule has 1 fully saturated rings. The Morgan fingerprint density at radius 2 is 1.45 bits per heavy atom. The van der Waals surface area contributed by atoms with Crippen LogP contribution >= 0.6 is 0 Å². The fraction of sp³-hybridized carbons (Fsp3) is 0.333. The number of amides is 2. The molecule has 3 aromatic carbocycles. The first-order valence-electron chi connectivity index (χ1n) is 19.1. The van der Waals surface area contributed by atoms with Crippen LogP contribution in [-0.2, 0) is 56.8 Å². The predicted molar refractivity (Wildman–Crippen MR) is 220 cm³/mol. The van der Waals surface area contributed by atoms with Gasteiger partial charge in [-0.15, -0.1) is 5.06 Å². The first kappa shape index (κ1) is 43.8. The zero-order chi connectivity index (χ0) is 43.8. The molecule has 0 aromatic heterocycles. The lowest BCUT2D eigenvalue weighted by atomic mass is 9.81. The number of imide groups is 1. The van der Waals surface area contributed by atoms with E-state index in [-0.39, 0.29) is 34.7 Å². The molecule has 0 radical (unpaired) electrons. The quantitative estimate of drug-likeness (QED) is 0.0312. The van der Waals surface area contributed by atoms with Crippen LogP contribution in [0.4, 0.5) is 17.1 Å². The van der Waals surface area contributed by atoms with Crippen molar-refractivity contribution in [2.24, 2.45) is 0 Å². The first-order valence-corrected chi connectivity index (χ1v) is 22.0. The second-order valence-corrected chi connectivity index (χ2v) is 18.6. The van der Waals surface area contributed by atoms with E-state index in [2.05, 4.69) is 4.90 Å². The van der Waals surface area contributed by atoms with E-state index in [0.29, 0.717) is 54.2 Å². The van der Waals surface area contributed by atoms with Crippen molar-refractivity contribution in [3.05, 3.63) is 124 Å². The maximum atomic E-state index is 12.3. The minimum atomic E-state index is -4.49. The highest BCUT2D eigenvalue weighted by molar-refractivity contribution is 7.86. The topological polar surface area (TPSA) is 222 Å². The molecule has 3 aliphatic rings. The molecule has 0 bridgehead atoms. The number of hydrogen-bond donors (Lipinski definition) is 2. The van der Waals surface area contributed by atoms with Crippen molar-refractivity contribution in [2.75, 3.05) is 11.4 Å². The van der Waals surface area contributed by atoms with Crippen LogP contribution in [0.25, 0.3) is 0 Å². The molecule has 2 N–H and O–H groups in total. The summed E-state index contributed by atoms with van der Waals surface area (Å²) in [6, 6.07) is 15.0. The van der Waals surface area contributed by atoms with Crippen LogP contribution in [-0.4, -0.2) is 70.5 Å². The average Bonchev–Trinajstić information content (AvgIpc) is 3.68. The van der Waals surface area contributed by atoms with E-state index in [4.69, 9.17) is 4.84 Å². The molecule has 0 aliphatic carbocycles. The van der Waals surface area contributed by atoms with Crippen LogP contribution in [0, 0.1) is 10.1 Å². The van der Waals surface area contributed by atoms with Crippen LogP contribution in [0.2, 0.25) is 0 Å². The van der Waals surface area contributed by atoms with Gasteiger partial charge in [-0.3, -0.25) is 28.8 Å². The summed E-state index contributed by atoms with van der Waals surface area (Å²) in [5.41, 5.74) is 3.68. The van der Waals surface area contributed by atoms with Crippen molar-refractivity contribution >= 4 is 60.8 Å². The summed E-state index contributed by atoms with van der Waals surface area (Å²) in [5, 5.41) is 11.8. The van der Waals surface area contributed by atoms with Gasteiger partial charge in [0.2, 0.25) is 5.69 Å². The molecule has 1 saturated heterocycles. The molecule has 0 spiro atoms. The molecule has 316 valence electrons. The normalized spacial score (nSPS) is 18.0. The molecule has 0 saturated carbocycles. The summed E-state index contributed by atoms with van der Waals surface area (Å²) in [6.45, 7) is 8.53. The predicted octanol–water partition coefficient (Wildman–Crippen LogP) is 6.63. The number of non-ortho nitro benzene ring substituents is 1. The zero-order valence-corrected chi connectivity index (χ0v) is 35.0. The number of carbonyl (C=O) groups is 3. The molecule has 16 nitrogen and oxygen atoms in total. The van der Waals surface area contributed by atoms with E-state index in [1.165, 1.54) is 36.4 Å². The van der Waals surface area contributed by atoms with Gasteiger partial charge >= 0.3 is 5.97 Å². The molecule has 18 heteroatoms. The smallest absolute Gasteiger partial charge is 0.333 e. The monoisotopic (exact) mass is 861 g/mol. The third-order valence-electron chi connectivity index (χ3n) is 11.0. The van der Waals surface area contributed by atoms with Crippen LogP contribution in [0.3, 0.4) is 0 Å². The Kier molecular flexibility index (Phi) is 12.2. The lowest BCUT2D eigenvalue weighted by molar-refractivity contribution is -0.455. The zero-order valence-electron chi connectivity index (χ0n) is 33.4. The van der Waals surface area contributed by atoms with Gasteiger partial charge in [-0.25, -0.2) is 4.79 Å². The van der Waals surface area contributed by atoms with Crippen LogP contribution in [0.5, 0.6) is 0 Å². The maximum Gasteiger partial charge on any atom is 0.333 e. The standard InChI is InChI=1S/C42H44N4O12S2/c1-41(2)32-25-30(59(52,53)54)18-20-34(32)43(24-10-6-9-13-40(49)58-45-38(47)22-23-39(45)48)36(41)11-7-5-8-12-37-42(3,4)33-26-31(60(55,56)57)19-21-35(33)44(37)27-28-14-16-29(17-15-28)46(50)51/h5,7-8,11-12,14-21,25-26H,6,9-10,13,22-24,27H2,1-4H3,(H-,52,53,54,55,56,57)/p+1. The van der Waals surface area contributed by atoms with E-state index in [1.807, 2.05) is 62.7 Å². The number of nitro groups is 1. The molecule has 3 aliphatic heterocycles. The van der Waals surface area contributed by atoms with Gasteiger partial charge in [-0.2, -0.15) is 21.4 Å². The molecule has 6 rings (SSSR count). The van der Waals surface area contributed by atoms with Crippen LogP contribution in [0.1, 0.15) is 82.9 Å². The minimum Gasteiger partial charge on any atom is -0.344 e. The summed E-state index contributed by atoms with van der Waals surface area (Å²) in [6.07, 6.45) is 10.9. The average molecular weight is 862 g/mol. The molecule has 3 heterocycles. The highest BCUT2D eigenvalue weighted by Crippen LogP contribution is 2.49. The highest BCUT2D eigenvalue weighted by atomic mass is 32.2. The lowest BCUT2D eigenvalue weighted by Gasteiger charge is -2.27. The van der Waals surface area contributed by atoms with Gasteiger partial charge in [0, 0.05) is 78.0 Å². The second-order valence-electron chi connectivity index (χ2n) is 15.8. The Balaban J connectivity index is 1.25. The minimum absolute atomic E-state index is 0.00250. The SMILES string of the molecule is CC1(C)C(/C=C/C=C/C=C2/N(CCCCCC(=O)ON3C(=O)CCC3=O)c3ccc(S(=O)(=O)O)cc3C2(C)C)=[N+](Cc2ccc([N+](=O)[O-])cc2)c2ccc(S(=O)(=O)O)cc21. The van der Waals surface area contributed by atoms with Gasteiger partial charge in [-0.05, 0) is 80.8 Å². The van der Waals surface area contributed by atoms with Gasteiger partial charge in [0.25, 0.3) is 37.7 Å². The number of nitrogens with zero attached hydrogens (tertiary/aromatic N) is 4. The Bertz CT molecular complexity index is 2610. The summed E-state index contributed by atoms with van der Waals surface area (Å²) >= 11 is 0. The molecule has 60 heavy (non-hydrogen) atoms. The number of hydrogen-bond acceptors (Lipinski definition) is 11. The van der Waals surface area contributed by atoms with Gasteiger partial charge in [0.15, 0.2) is 12.3 Å². The van der Waals surface area contributed by atoms with E-state index >= 15 is 0 Å². The molecule has 3 aromatic rings.